The predicted octanol–water partition coefficient (Wildman–Crippen LogP) is 2.08. The average Bonchev–Trinajstić information content (AvgIpc) is 2.35. The molecule has 0 spiro atoms. The molecule has 0 N–H and O–H groups in total. The molecule has 1 aromatic heterocycles. The molecule has 0 aliphatic carbocycles. The van der Waals surface area contributed by atoms with Crippen LogP contribution >= 0.6 is 11.3 Å². The van der Waals surface area contributed by atoms with Crippen LogP contribution in [-0.4, -0.2) is 24.0 Å². The standard InChI is InChI=1S/C13H11N3OS/c1-16(2)8-9(7-14)13-15-12(17)10-5-3-4-6-11(10)18-13/h3-6,8H,1-2H3/b9-8+. The highest BCUT2D eigenvalue weighted by atomic mass is 32.1. The van der Waals surface area contributed by atoms with E-state index in [4.69, 9.17) is 5.26 Å². The van der Waals surface area contributed by atoms with Crippen LogP contribution in [0.25, 0.3) is 15.7 Å². The molecule has 1 aromatic carbocycles. The Morgan fingerprint density at radius 2 is 2.17 bits per heavy atom. The lowest BCUT2D eigenvalue weighted by Gasteiger charge is -2.05. The van der Waals surface area contributed by atoms with Gasteiger partial charge in [0.2, 0.25) is 0 Å². The lowest BCUT2D eigenvalue weighted by atomic mass is 10.3. The van der Waals surface area contributed by atoms with Crippen LogP contribution in [0.3, 0.4) is 0 Å². The first-order chi connectivity index (χ1) is 8.61. The molecule has 0 unspecified atom stereocenters. The Bertz CT molecular complexity index is 710. The molecule has 5 heteroatoms. The quantitative estimate of drug-likeness (QED) is 0.773. The maximum absolute atomic E-state index is 11.9. The van der Waals surface area contributed by atoms with Crippen LogP contribution in [0.2, 0.25) is 0 Å². The van der Waals surface area contributed by atoms with Gasteiger partial charge in [-0.2, -0.15) is 10.2 Å². The number of benzene rings is 1. The van der Waals surface area contributed by atoms with Crippen molar-refractivity contribution in [3.05, 3.63) is 45.8 Å². The normalized spacial score (nSPS) is 11.3. The maximum Gasteiger partial charge on any atom is 0.279 e. The topological polar surface area (TPSA) is 57.0 Å². The Morgan fingerprint density at radius 3 is 2.83 bits per heavy atom. The van der Waals surface area contributed by atoms with Crippen LogP contribution in [0.4, 0.5) is 0 Å². The van der Waals surface area contributed by atoms with Crippen LogP contribution in [0.5, 0.6) is 0 Å². The minimum atomic E-state index is -0.292. The van der Waals surface area contributed by atoms with E-state index in [0.29, 0.717) is 16.0 Å². The van der Waals surface area contributed by atoms with Gasteiger partial charge in [-0.25, -0.2) is 0 Å². The summed E-state index contributed by atoms with van der Waals surface area (Å²) in [5.41, 5.74) is 0.104. The van der Waals surface area contributed by atoms with Crippen molar-refractivity contribution in [3.63, 3.8) is 0 Å². The van der Waals surface area contributed by atoms with Crippen molar-refractivity contribution in [3.8, 4) is 6.07 Å². The average molecular weight is 257 g/mol. The van der Waals surface area contributed by atoms with E-state index in [2.05, 4.69) is 11.1 Å². The van der Waals surface area contributed by atoms with Gasteiger partial charge in [0.05, 0.1) is 5.39 Å². The molecule has 90 valence electrons. The Kier molecular flexibility index (Phi) is 3.40. The van der Waals surface area contributed by atoms with Crippen LogP contribution in [0.1, 0.15) is 5.01 Å². The Morgan fingerprint density at radius 1 is 1.44 bits per heavy atom. The highest BCUT2D eigenvalue weighted by Gasteiger charge is 2.08. The Hall–Kier alpha value is -2.19. The SMILES string of the molecule is CN(C)/C=C(\C#N)c1nc(=O)c2ccccc2s1. The van der Waals surface area contributed by atoms with Crippen molar-refractivity contribution >= 4 is 27.0 Å². The molecule has 0 amide bonds. The van der Waals surface area contributed by atoms with Gasteiger partial charge in [0.1, 0.15) is 16.6 Å². The summed E-state index contributed by atoms with van der Waals surface area (Å²) >= 11 is 1.35. The van der Waals surface area contributed by atoms with E-state index >= 15 is 0 Å². The van der Waals surface area contributed by atoms with Crippen molar-refractivity contribution in [1.82, 2.24) is 9.88 Å². The van der Waals surface area contributed by atoms with Crippen molar-refractivity contribution in [2.75, 3.05) is 14.1 Å². The van der Waals surface area contributed by atoms with E-state index in [0.717, 1.165) is 4.70 Å². The number of hydrogen-bond acceptors (Lipinski definition) is 5. The summed E-state index contributed by atoms with van der Waals surface area (Å²) < 4.78 is 0.840. The number of hydrogen-bond donors (Lipinski definition) is 0. The summed E-state index contributed by atoms with van der Waals surface area (Å²) in [5.74, 6) is 0. The molecule has 4 nitrogen and oxygen atoms in total. The van der Waals surface area contributed by atoms with Crippen molar-refractivity contribution < 1.29 is 0 Å². The van der Waals surface area contributed by atoms with E-state index in [1.54, 1.807) is 23.2 Å². The molecule has 18 heavy (non-hydrogen) atoms. The zero-order valence-electron chi connectivity index (χ0n) is 10.0. The van der Waals surface area contributed by atoms with E-state index in [-0.39, 0.29) is 5.56 Å². The van der Waals surface area contributed by atoms with Gasteiger partial charge in [0.15, 0.2) is 0 Å². The summed E-state index contributed by atoms with van der Waals surface area (Å²) in [4.78, 5) is 17.6. The van der Waals surface area contributed by atoms with Crippen LogP contribution in [-0.2, 0) is 0 Å². The van der Waals surface area contributed by atoms with Gasteiger partial charge in [0, 0.05) is 25.0 Å². The molecule has 0 fully saturated rings. The second kappa shape index (κ2) is 4.98. The third-order valence-corrected chi connectivity index (χ3v) is 3.35. The van der Waals surface area contributed by atoms with Crippen LogP contribution in [0, 0.1) is 11.3 Å². The molecule has 0 aliphatic rings. The smallest absolute Gasteiger partial charge is 0.279 e. The summed E-state index contributed by atoms with van der Waals surface area (Å²) in [6.07, 6.45) is 1.66. The molecule has 0 atom stereocenters. The highest BCUT2D eigenvalue weighted by Crippen LogP contribution is 2.22. The molecule has 0 bridgehead atoms. The van der Waals surface area contributed by atoms with Gasteiger partial charge < -0.3 is 4.90 Å². The molecular formula is C13H11N3OS. The number of nitrogens with zero attached hydrogens (tertiary/aromatic N) is 3. The zero-order valence-corrected chi connectivity index (χ0v) is 10.9. The largest absolute Gasteiger partial charge is 0.382 e. The van der Waals surface area contributed by atoms with Gasteiger partial charge in [-0.05, 0) is 12.1 Å². The summed E-state index contributed by atoms with van der Waals surface area (Å²) in [5, 5.41) is 10.2. The van der Waals surface area contributed by atoms with Gasteiger partial charge in [0.25, 0.3) is 5.56 Å². The molecule has 0 saturated carbocycles. The molecule has 0 saturated heterocycles. The van der Waals surface area contributed by atoms with Crippen LogP contribution in [0.15, 0.2) is 35.3 Å². The van der Waals surface area contributed by atoms with Gasteiger partial charge in [-0.3, -0.25) is 4.79 Å². The van der Waals surface area contributed by atoms with Crippen molar-refractivity contribution in [1.29, 1.82) is 5.26 Å². The third kappa shape index (κ3) is 2.39. The molecule has 2 aromatic rings. The minimum absolute atomic E-state index is 0.292. The zero-order chi connectivity index (χ0) is 13.1. The van der Waals surface area contributed by atoms with Crippen LogP contribution < -0.4 is 5.56 Å². The molecular weight excluding hydrogens is 246 g/mol. The predicted molar refractivity (Wildman–Crippen MR) is 73.2 cm³/mol. The number of aromatic nitrogens is 1. The van der Waals surface area contributed by atoms with Gasteiger partial charge in [-0.15, -0.1) is 11.3 Å². The number of fused-ring (bicyclic) bond motifs is 1. The lowest BCUT2D eigenvalue weighted by molar-refractivity contribution is 0.566. The molecule has 0 radical (unpaired) electrons. The first kappa shape index (κ1) is 12.3. The minimum Gasteiger partial charge on any atom is -0.382 e. The summed E-state index contributed by atoms with van der Waals surface area (Å²) in [6.45, 7) is 0. The van der Waals surface area contributed by atoms with Crippen molar-refractivity contribution in [2.45, 2.75) is 0 Å². The fourth-order valence-corrected chi connectivity index (χ4v) is 2.47. The summed E-state index contributed by atoms with van der Waals surface area (Å²) in [6, 6.07) is 9.34. The lowest BCUT2D eigenvalue weighted by Crippen LogP contribution is -2.08. The molecule has 1 heterocycles. The fraction of sp³-hybridized carbons (Fsp3) is 0.154. The fourth-order valence-electron chi connectivity index (χ4n) is 1.52. The Balaban J connectivity index is 2.67. The Labute approximate surface area is 108 Å². The van der Waals surface area contributed by atoms with Gasteiger partial charge in [-0.1, -0.05) is 12.1 Å². The maximum atomic E-state index is 11.9. The van der Waals surface area contributed by atoms with E-state index < -0.39 is 0 Å². The number of rotatable bonds is 2. The van der Waals surface area contributed by atoms with E-state index in [1.165, 1.54) is 11.3 Å². The third-order valence-electron chi connectivity index (χ3n) is 2.27. The highest BCUT2D eigenvalue weighted by molar-refractivity contribution is 7.19. The number of allylic oxidation sites excluding steroid dienone is 1. The van der Waals surface area contributed by atoms with E-state index in [1.807, 2.05) is 26.2 Å². The van der Waals surface area contributed by atoms with Crippen molar-refractivity contribution in [2.24, 2.45) is 0 Å². The molecule has 0 aliphatic heterocycles. The van der Waals surface area contributed by atoms with E-state index in [9.17, 15) is 4.79 Å². The second-order valence-electron chi connectivity index (χ2n) is 3.94. The number of nitriles is 1. The first-order valence-corrected chi connectivity index (χ1v) is 6.12. The van der Waals surface area contributed by atoms with Gasteiger partial charge >= 0.3 is 0 Å². The monoisotopic (exact) mass is 257 g/mol. The first-order valence-electron chi connectivity index (χ1n) is 5.30. The second-order valence-corrected chi connectivity index (χ2v) is 4.97. The summed E-state index contributed by atoms with van der Waals surface area (Å²) in [7, 11) is 3.64. The molecule has 2 rings (SSSR count).